The summed E-state index contributed by atoms with van der Waals surface area (Å²) in [7, 11) is 0. The summed E-state index contributed by atoms with van der Waals surface area (Å²) in [5.41, 5.74) is 1.90. The van der Waals surface area contributed by atoms with Crippen LogP contribution in [0.2, 0.25) is 0 Å². The van der Waals surface area contributed by atoms with Gasteiger partial charge in [0, 0.05) is 17.6 Å². The van der Waals surface area contributed by atoms with Crippen LogP contribution in [-0.4, -0.2) is 40.2 Å². The van der Waals surface area contributed by atoms with E-state index in [9.17, 15) is 14.0 Å². The summed E-state index contributed by atoms with van der Waals surface area (Å²) in [6, 6.07) is 14.2. The first-order chi connectivity index (χ1) is 16.8. The fourth-order valence-electron chi connectivity index (χ4n) is 6.37. The minimum atomic E-state index is -0.535. The van der Waals surface area contributed by atoms with Crippen LogP contribution >= 0.6 is 0 Å². The Labute approximate surface area is 212 Å². The summed E-state index contributed by atoms with van der Waals surface area (Å²) in [6.07, 6.45) is 2.84. The van der Waals surface area contributed by atoms with Gasteiger partial charge in [-0.05, 0) is 94.5 Å². The molecule has 36 heavy (non-hydrogen) atoms. The first-order valence-corrected chi connectivity index (χ1v) is 12.8. The van der Waals surface area contributed by atoms with Crippen molar-refractivity contribution in [2.24, 2.45) is 5.41 Å². The van der Waals surface area contributed by atoms with Crippen LogP contribution in [0.5, 0.6) is 0 Å². The van der Waals surface area contributed by atoms with Gasteiger partial charge in [0.2, 0.25) is 0 Å². The van der Waals surface area contributed by atoms with Crippen molar-refractivity contribution in [3.63, 3.8) is 0 Å². The lowest BCUT2D eigenvalue weighted by Gasteiger charge is -2.75. The van der Waals surface area contributed by atoms with Crippen LogP contribution in [-0.2, 0) is 11.2 Å². The third-order valence-corrected chi connectivity index (χ3v) is 8.27. The largest absolute Gasteiger partial charge is 0.444 e. The lowest BCUT2D eigenvalue weighted by Crippen LogP contribution is -2.82. The molecular weight excluding hydrogens is 457 g/mol. The van der Waals surface area contributed by atoms with Crippen LogP contribution in [0.1, 0.15) is 76.6 Å². The molecule has 192 valence electrons. The van der Waals surface area contributed by atoms with E-state index in [2.05, 4.69) is 36.6 Å². The third kappa shape index (κ3) is 4.22. The van der Waals surface area contributed by atoms with Gasteiger partial charge in [-0.1, -0.05) is 36.4 Å². The van der Waals surface area contributed by atoms with Gasteiger partial charge < -0.3 is 20.3 Å². The summed E-state index contributed by atoms with van der Waals surface area (Å²) < 4.78 is 19.1. The highest BCUT2D eigenvalue weighted by atomic mass is 19.1. The van der Waals surface area contributed by atoms with Crippen molar-refractivity contribution >= 4 is 12.1 Å². The number of carbonyl (C=O) groups is 2. The average Bonchev–Trinajstić information content (AvgIpc) is 2.73. The van der Waals surface area contributed by atoms with Crippen molar-refractivity contribution in [1.82, 2.24) is 15.5 Å². The second-order valence-corrected chi connectivity index (χ2v) is 12.4. The van der Waals surface area contributed by atoms with Crippen LogP contribution in [0, 0.1) is 11.2 Å². The zero-order valence-corrected chi connectivity index (χ0v) is 21.8. The SMILES string of the molecule is CC(C)(C)OC(=O)NC12CC(C(C)(C)NC(=O)N3CCc4ccccc4[C@@H]3c3ccc(F)cc3)(C1)C2. The molecule has 7 heteroatoms. The van der Waals surface area contributed by atoms with Gasteiger partial charge in [0.1, 0.15) is 11.4 Å². The summed E-state index contributed by atoms with van der Waals surface area (Å²) in [6.45, 7) is 10.3. The summed E-state index contributed by atoms with van der Waals surface area (Å²) in [4.78, 5) is 27.9. The van der Waals surface area contributed by atoms with Crippen LogP contribution in [0.4, 0.5) is 14.0 Å². The molecule has 1 atom stereocenters. The van der Waals surface area contributed by atoms with Crippen molar-refractivity contribution in [2.75, 3.05) is 6.54 Å². The molecule has 4 aliphatic rings. The molecule has 6 nitrogen and oxygen atoms in total. The number of urea groups is 1. The molecule has 0 saturated heterocycles. The molecule has 2 aromatic rings. The number of fused-ring (bicyclic) bond motifs is 1. The van der Waals surface area contributed by atoms with Crippen LogP contribution in [0.3, 0.4) is 0 Å². The van der Waals surface area contributed by atoms with Gasteiger partial charge in [-0.2, -0.15) is 0 Å². The number of rotatable bonds is 4. The van der Waals surface area contributed by atoms with Gasteiger partial charge in [0.25, 0.3) is 0 Å². The molecule has 1 aliphatic heterocycles. The topological polar surface area (TPSA) is 70.7 Å². The Kier molecular flexibility index (Phi) is 5.61. The maximum Gasteiger partial charge on any atom is 0.408 e. The Bertz CT molecular complexity index is 1170. The molecule has 0 aromatic heterocycles. The second-order valence-electron chi connectivity index (χ2n) is 12.4. The molecule has 6 rings (SSSR count). The number of nitrogens with zero attached hydrogens (tertiary/aromatic N) is 1. The van der Waals surface area contributed by atoms with Crippen LogP contribution in [0.15, 0.2) is 48.5 Å². The zero-order valence-electron chi connectivity index (χ0n) is 21.8. The molecule has 3 fully saturated rings. The number of alkyl carbamates (subject to hydrolysis) is 1. The molecule has 3 aliphatic carbocycles. The van der Waals surface area contributed by atoms with Crippen molar-refractivity contribution in [3.8, 4) is 0 Å². The summed E-state index contributed by atoms with van der Waals surface area (Å²) in [5.74, 6) is -0.294. The minimum Gasteiger partial charge on any atom is -0.444 e. The van der Waals surface area contributed by atoms with E-state index in [4.69, 9.17) is 4.74 Å². The van der Waals surface area contributed by atoms with Crippen molar-refractivity contribution in [1.29, 1.82) is 0 Å². The van der Waals surface area contributed by atoms with Crippen molar-refractivity contribution in [2.45, 2.75) is 83.0 Å². The normalized spacial score (nSPS) is 26.7. The first-order valence-electron chi connectivity index (χ1n) is 12.8. The van der Waals surface area contributed by atoms with E-state index in [0.29, 0.717) is 6.54 Å². The number of ether oxygens (including phenoxy) is 1. The Morgan fingerprint density at radius 1 is 1.00 bits per heavy atom. The van der Waals surface area contributed by atoms with E-state index in [1.807, 2.05) is 37.8 Å². The van der Waals surface area contributed by atoms with Gasteiger partial charge >= 0.3 is 12.1 Å². The highest BCUT2D eigenvalue weighted by Crippen LogP contribution is 2.71. The number of hydrogen-bond acceptors (Lipinski definition) is 3. The van der Waals surface area contributed by atoms with E-state index in [1.54, 1.807) is 12.1 Å². The number of hydrogen-bond donors (Lipinski definition) is 2. The molecule has 0 spiro atoms. The standard InChI is InChI=1S/C29H36FN3O3/c1-26(2,3)36-25(35)32-29-16-28(17-29,18-29)27(4,5)31-24(34)33-15-14-19-8-6-7-9-22(19)23(33)20-10-12-21(30)13-11-20/h6-13,23H,14-18H2,1-5H3,(H,31,34)(H,32,35)/t23-,28?,29?/m0/s1. The predicted molar refractivity (Wildman–Crippen MR) is 136 cm³/mol. The summed E-state index contributed by atoms with van der Waals surface area (Å²) in [5, 5.41) is 6.38. The smallest absolute Gasteiger partial charge is 0.408 e. The predicted octanol–water partition coefficient (Wildman–Crippen LogP) is 5.71. The fraction of sp³-hybridized carbons (Fsp3) is 0.517. The number of benzene rings is 2. The number of halogens is 1. The highest BCUT2D eigenvalue weighted by molar-refractivity contribution is 5.77. The maximum atomic E-state index is 13.7. The van der Waals surface area contributed by atoms with Crippen molar-refractivity contribution in [3.05, 3.63) is 71.0 Å². The minimum absolute atomic E-state index is 0.0588. The van der Waals surface area contributed by atoms with Crippen molar-refractivity contribution < 1.29 is 18.7 Å². The quantitative estimate of drug-likeness (QED) is 0.573. The van der Waals surface area contributed by atoms with Gasteiger partial charge in [-0.25, -0.2) is 14.0 Å². The molecular formula is C29H36FN3O3. The molecule has 0 unspecified atom stereocenters. The average molecular weight is 494 g/mol. The number of amides is 3. The monoisotopic (exact) mass is 493 g/mol. The van der Waals surface area contributed by atoms with Crippen LogP contribution < -0.4 is 10.6 Å². The van der Waals surface area contributed by atoms with Gasteiger partial charge in [-0.15, -0.1) is 0 Å². The second kappa shape index (κ2) is 8.22. The molecule has 2 bridgehead atoms. The van der Waals surface area contributed by atoms with E-state index in [-0.39, 0.29) is 34.9 Å². The Morgan fingerprint density at radius 3 is 2.28 bits per heavy atom. The van der Waals surface area contributed by atoms with E-state index in [1.165, 1.54) is 17.7 Å². The van der Waals surface area contributed by atoms with Crippen LogP contribution in [0.25, 0.3) is 0 Å². The summed E-state index contributed by atoms with van der Waals surface area (Å²) >= 11 is 0. The van der Waals surface area contributed by atoms with E-state index >= 15 is 0 Å². The van der Waals surface area contributed by atoms with Gasteiger partial charge in [0.15, 0.2) is 0 Å². The van der Waals surface area contributed by atoms with Gasteiger partial charge in [0.05, 0.1) is 6.04 Å². The lowest BCUT2D eigenvalue weighted by atomic mass is 9.34. The molecule has 3 saturated carbocycles. The zero-order chi connectivity index (χ0) is 25.9. The number of carbonyl (C=O) groups excluding carboxylic acids is 2. The Morgan fingerprint density at radius 2 is 1.64 bits per heavy atom. The first kappa shape index (κ1) is 24.6. The molecule has 1 heterocycles. The van der Waals surface area contributed by atoms with Gasteiger partial charge in [-0.3, -0.25) is 0 Å². The molecule has 0 radical (unpaired) electrons. The Balaban J connectivity index is 1.30. The third-order valence-electron chi connectivity index (χ3n) is 8.27. The maximum absolute atomic E-state index is 13.7. The van der Waals surface area contributed by atoms with E-state index < -0.39 is 11.1 Å². The number of nitrogens with one attached hydrogen (secondary N) is 2. The fourth-order valence-corrected chi connectivity index (χ4v) is 6.37. The Hall–Kier alpha value is -3.09. The lowest BCUT2D eigenvalue weighted by molar-refractivity contribution is -0.195. The highest BCUT2D eigenvalue weighted by Gasteiger charge is 2.74. The van der Waals surface area contributed by atoms with E-state index in [0.717, 1.165) is 36.8 Å². The molecule has 3 amide bonds. The molecule has 2 aromatic carbocycles. The molecule has 2 N–H and O–H groups in total.